The molecule has 162 valence electrons. The minimum absolute atomic E-state index is 0.0415. The quantitative estimate of drug-likeness (QED) is 0.757. The number of hydrogen-bond acceptors (Lipinski definition) is 5. The van der Waals surface area contributed by atoms with Crippen molar-refractivity contribution in [1.29, 1.82) is 0 Å². The molecule has 1 fully saturated rings. The number of benzene rings is 2. The Kier molecular flexibility index (Phi) is 6.67. The van der Waals surface area contributed by atoms with E-state index in [-0.39, 0.29) is 23.1 Å². The van der Waals surface area contributed by atoms with Crippen LogP contribution in [0, 0.1) is 19.8 Å². The fourth-order valence-corrected chi connectivity index (χ4v) is 5.38. The molecule has 7 nitrogen and oxygen atoms in total. The Morgan fingerprint density at radius 1 is 1.10 bits per heavy atom. The van der Waals surface area contributed by atoms with Gasteiger partial charge in [0.2, 0.25) is 15.9 Å². The normalized spacial score (nSPS) is 17.4. The number of hydrogen-bond donors (Lipinski definition) is 1. The topological polar surface area (TPSA) is 84.9 Å². The van der Waals surface area contributed by atoms with Crippen LogP contribution >= 0.6 is 0 Å². The van der Waals surface area contributed by atoms with Gasteiger partial charge in [-0.25, -0.2) is 8.42 Å². The van der Waals surface area contributed by atoms with E-state index in [1.54, 1.807) is 12.1 Å². The van der Waals surface area contributed by atoms with Crippen molar-refractivity contribution in [3.05, 3.63) is 47.5 Å². The summed E-state index contributed by atoms with van der Waals surface area (Å²) in [6, 6.07) is 10.5. The first kappa shape index (κ1) is 22.1. The number of carbonyl (C=O) groups excluding carboxylic acids is 1. The molecule has 1 atom stereocenters. The Morgan fingerprint density at radius 3 is 2.53 bits per heavy atom. The molecule has 0 bridgehead atoms. The molecule has 1 aliphatic rings. The highest BCUT2D eigenvalue weighted by molar-refractivity contribution is 7.89. The van der Waals surface area contributed by atoms with Gasteiger partial charge in [0.1, 0.15) is 16.4 Å². The zero-order chi connectivity index (χ0) is 21.9. The standard InChI is InChI=1S/C22H28N2O5S/c1-15-7-9-19(16(2)12-15)23-22(25)17-6-5-11-24(14-17)30(26,27)21-13-18(28-3)8-10-20(21)29-4/h7-10,12-13,17H,5-6,11,14H2,1-4H3,(H,23,25). The predicted octanol–water partition coefficient (Wildman–Crippen LogP) is 3.36. The third-order valence-electron chi connectivity index (χ3n) is 5.38. The van der Waals surface area contributed by atoms with Crippen LogP contribution in [0.4, 0.5) is 5.69 Å². The number of sulfonamides is 1. The number of nitrogens with one attached hydrogen (secondary N) is 1. The highest BCUT2D eigenvalue weighted by Crippen LogP contribution is 2.33. The second-order valence-electron chi connectivity index (χ2n) is 7.53. The number of nitrogens with zero attached hydrogens (tertiary/aromatic N) is 1. The summed E-state index contributed by atoms with van der Waals surface area (Å²) < 4.78 is 38.4. The van der Waals surface area contributed by atoms with Gasteiger partial charge in [-0.05, 0) is 50.5 Å². The van der Waals surface area contributed by atoms with E-state index in [1.807, 2.05) is 32.0 Å². The molecule has 1 N–H and O–H groups in total. The van der Waals surface area contributed by atoms with Crippen molar-refractivity contribution in [3.63, 3.8) is 0 Å². The van der Waals surface area contributed by atoms with Gasteiger partial charge in [-0.2, -0.15) is 4.31 Å². The van der Waals surface area contributed by atoms with Crippen LogP contribution in [0.15, 0.2) is 41.3 Å². The van der Waals surface area contributed by atoms with Gasteiger partial charge in [-0.1, -0.05) is 17.7 Å². The van der Waals surface area contributed by atoms with Crippen LogP contribution in [-0.2, 0) is 14.8 Å². The van der Waals surface area contributed by atoms with E-state index in [0.717, 1.165) is 16.8 Å². The Hall–Kier alpha value is -2.58. The van der Waals surface area contributed by atoms with Gasteiger partial charge < -0.3 is 14.8 Å². The van der Waals surface area contributed by atoms with Gasteiger partial charge in [-0.15, -0.1) is 0 Å². The molecule has 0 aromatic heterocycles. The number of piperidine rings is 1. The summed E-state index contributed by atoms with van der Waals surface area (Å²) >= 11 is 0. The van der Waals surface area contributed by atoms with Gasteiger partial charge in [-0.3, -0.25) is 4.79 Å². The summed E-state index contributed by atoms with van der Waals surface area (Å²) in [5, 5.41) is 2.95. The van der Waals surface area contributed by atoms with Crippen LogP contribution in [0.25, 0.3) is 0 Å². The summed E-state index contributed by atoms with van der Waals surface area (Å²) in [5.74, 6) is 0.0819. The van der Waals surface area contributed by atoms with Crippen molar-refractivity contribution < 1.29 is 22.7 Å². The SMILES string of the molecule is COc1ccc(OC)c(S(=O)(=O)N2CCCC(C(=O)Nc3ccc(C)cc3C)C2)c1. The van der Waals surface area contributed by atoms with Gasteiger partial charge in [0.05, 0.1) is 20.1 Å². The molecule has 8 heteroatoms. The Bertz CT molecular complexity index is 1040. The van der Waals surface area contributed by atoms with Crippen molar-refractivity contribution >= 4 is 21.6 Å². The summed E-state index contributed by atoms with van der Waals surface area (Å²) in [6.07, 6.45) is 1.24. The molecule has 2 aromatic carbocycles. The van der Waals surface area contributed by atoms with Crippen molar-refractivity contribution in [2.24, 2.45) is 5.92 Å². The summed E-state index contributed by atoms with van der Waals surface area (Å²) in [4.78, 5) is 12.9. The van der Waals surface area contributed by atoms with Crippen LogP contribution < -0.4 is 14.8 Å². The molecule has 30 heavy (non-hydrogen) atoms. The molecule has 1 aliphatic heterocycles. The van der Waals surface area contributed by atoms with Crippen LogP contribution in [-0.4, -0.2) is 45.9 Å². The van der Waals surface area contributed by atoms with E-state index in [2.05, 4.69) is 5.32 Å². The van der Waals surface area contributed by atoms with Crippen molar-refractivity contribution in [3.8, 4) is 11.5 Å². The van der Waals surface area contributed by atoms with E-state index in [4.69, 9.17) is 9.47 Å². The highest BCUT2D eigenvalue weighted by atomic mass is 32.2. The number of methoxy groups -OCH3 is 2. The summed E-state index contributed by atoms with van der Waals surface area (Å²) in [6.45, 7) is 4.42. The second-order valence-corrected chi connectivity index (χ2v) is 9.43. The van der Waals surface area contributed by atoms with E-state index in [0.29, 0.717) is 25.1 Å². The first-order chi connectivity index (χ1) is 14.3. The molecule has 1 amide bonds. The monoisotopic (exact) mass is 432 g/mol. The van der Waals surface area contributed by atoms with E-state index in [1.165, 1.54) is 24.6 Å². The number of anilines is 1. The van der Waals surface area contributed by atoms with E-state index in [9.17, 15) is 13.2 Å². The molecule has 3 rings (SSSR count). The fourth-order valence-electron chi connectivity index (χ4n) is 3.69. The van der Waals surface area contributed by atoms with Gasteiger partial charge in [0, 0.05) is 24.8 Å². The third kappa shape index (κ3) is 4.60. The van der Waals surface area contributed by atoms with Crippen molar-refractivity contribution in [2.45, 2.75) is 31.6 Å². The second kappa shape index (κ2) is 9.06. The first-order valence-electron chi connectivity index (χ1n) is 9.86. The maximum absolute atomic E-state index is 13.3. The molecular formula is C22H28N2O5S. The number of carbonyl (C=O) groups is 1. The molecule has 0 saturated carbocycles. The Balaban J connectivity index is 1.80. The maximum Gasteiger partial charge on any atom is 0.246 e. The van der Waals surface area contributed by atoms with Crippen molar-refractivity contribution in [2.75, 3.05) is 32.6 Å². The minimum Gasteiger partial charge on any atom is -0.497 e. The lowest BCUT2D eigenvalue weighted by Crippen LogP contribution is -2.43. The van der Waals surface area contributed by atoms with Crippen LogP contribution in [0.2, 0.25) is 0 Å². The molecule has 1 saturated heterocycles. The maximum atomic E-state index is 13.3. The Labute approximate surface area is 178 Å². The number of aryl methyl sites for hydroxylation is 2. The zero-order valence-electron chi connectivity index (χ0n) is 17.8. The summed E-state index contributed by atoms with van der Waals surface area (Å²) in [7, 11) is -0.936. The van der Waals surface area contributed by atoms with Crippen LogP contribution in [0.3, 0.4) is 0 Å². The minimum atomic E-state index is -3.84. The Morgan fingerprint density at radius 2 is 1.87 bits per heavy atom. The molecule has 2 aromatic rings. The van der Waals surface area contributed by atoms with Crippen LogP contribution in [0.1, 0.15) is 24.0 Å². The highest BCUT2D eigenvalue weighted by Gasteiger charge is 2.35. The molecule has 1 unspecified atom stereocenters. The lowest BCUT2D eigenvalue weighted by atomic mass is 9.98. The van der Waals surface area contributed by atoms with Gasteiger partial charge >= 0.3 is 0 Å². The summed E-state index contributed by atoms with van der Waals surface area (Å²) in [5.41, 5.74) is 2.84. The molecular weight excluding hydrogens is 404 g/mol. The number of amides is 1. The molecule has 1 heterocycles. The molecule has 0 aliphatic carbocycles. The van der Waals surface area contributed by atoms with E-state index >= 15 is 0 Å². The molecule has 0 radical (unpaired) electrons. The number of ether oxygens (including phenoxy) is 2. The van der Waals surface area contributed by atoms with Crippen molar-refractivity contribution in [1.82, 2.24) is 4.31 Å². The fraction of sp³-hybridized carbons (Fsp3) is 0.409. The smallest absolute Gasteiger partial charge is 0.246 e. The average Bonchev–Trinajstić information content (AvgIpc) is 2.75. The third-order valence-corrected chi connectivity index (χ3v) is 7.27. The lowest BCUT2D eigenvalue weighted by Gasteiger charge is -2.31. The number of rotatable bonds is 6. The van der Waals surface area contributed by atoms with Crippen LogP contribution in [0.5, 0.6) is 11.5 Å². The largest absolute Gasteiger partial charge is 0.497 e. The van der Waals surface area contributed by atoms with Gasteiger partial charge in [0.25, 0.3) is 0 Å². The van der Waals surface area contributed by atoms with E-state index < -0.39 is 15.9 Å². The zero-order valence-corrected chi connectivity index (χ0v) is 18.6. The lowest BCUT2D eigenvalue weighted by molar-refractivity contribution is -0.120. The average molecular weight is 433 g/mol. The predicted molar refractivity (Wildman–Crippen MR) is 116 cm³/mol. The molecule has 0 spiro atoms. The van der Waals surface area contributed by atoms with Gasteiger partial charge in [0.15, 0.2) is 0 Å². The first-order valence-corrected chi connectivity index (χ1v) is 11.3.